The topological polar surface area (TPSA) is 55.6 Å². The van der Waals surface area contributed by atoms with Gasteiger partial charge in [0.15, 0.2) is 0 Å². The van der Waals surface area contributed by atoms with Crippen LogP contribution in [0.3, 0.4) is 0 Å². The molecule has 0 atom stereocenters. The van der Waals surface area contributed by atoms with E-state index in [1.165, 1.54) is 37.9 Å². The van der Waals surface area contributed by atoms with E-state index >= 15 is 0 Å². The van der Waals surface area contributed by atoms with E-state index in [4.69, 9.17) is 0 Å². The molecular weight excluding hydrogens is 246 g/mol. The summed E-state index contributed by atoms with van der Waals surface area (Å²) in [4.78, 5) is 0. The van der Waals surface area contributed by atoms with Crippen LogP contribution in [0, 0.1) is 5.92 Å². The number of nitrogens with one attached hydrogen (secondary N) is 1. The molecule has 0 bridgehead atoms. The Bertz CT molecular complexity index is 335. The molecule has 1 aromatic rings. The van der Waals surface area contributed by atoms with Crippen LogP contribution in [-0.4, -0.2) is 39.0 Å². The standard InChI is InChI=1S/C12H23N5S/c1-2-7-13-8-9-17-12(14-15-16-17)18-10-11-5-3-4-6-11/h11,13H,2-10H2,1H3. The van der Waals surface area contributed by atoms with Crippen LogP contribution in [0.4, 0.5) is 0 Å². The molecule has 2 rings (SSSR count). The molecule has 0 amide bonds. The molecule has 1 heterocycles. The van der Waals surface area contributed by atoms with Crippen molar-refractivity contribution in [3.05, 3.63) is 0 Å². The largest absolute Gasteiger partial charge is 0.315 e. The quantitative estimate of drug-likeness (QED) is 0.577. The van der Waals surface area contributed by atoms with Crippen molar-refractivity contribution in [3.8, 4) is 0 Å². The van der Waals surface area contributed by atoms with Gasteiger partial charge >= 0.3 is 0 Å². The summed E-state index contributed by atoms with van der Waals surface area (Å²) < 4.78 is 1.92. The zero-order valence-corrected chi connectivity index (χ0v) is 12.0. The minimum Gasteiger partial charge on any atom is -0.315 e. The maximum Gasteiger partial charge on any atom is 0.209 e. The molecule has 1 fully saturated rings. The van der Waals surface area contributed by atoms with Crippen LogP contribution < -0.4 is 5.32 Å². The summed E-state index contributed by atoms with van der Waals surface area (Å²) in [6.07, 6.45) is 6.73. The maximum absolute atomic E-state index is 4.11. The van der Waals surface area contributed by atoms with Crippen LogP contribution in [0.1, 0.15) is 39.0 Å². The fraction of sp³-hybridized carbons (Fsp3) is 0.917. The highest BCUT2D eigenvalue weighted by atomic mass is 32.2. The smallest absolute Gasteiger partial charge is 0.209 e. The average molecular weight is 269 g/mol. The molecule has 0 saturated heterocycles. The summed E-state index contributed by atoms with van der Waals surface area (Å²) >= 11 is 1.81. The van der Waals surface area contributed by atoms with Gasteiger partial charge in [0.2, 0.25) is 5.16 Å². The molecule has 102 valence electrons. The minimum absolute atomic E-state index is 0.861. The van der Waals surface area contributed by atoms with E-state index in [-0.39, 0.29) is 0 Å². The normalized spacial score (nSPS) is 16.5. The zero-order chi connectivity index (χ0) is 12.6. The Morgan fingerprint density at radius 3 is 2.94 bits per heavy atom. The van der Waals surface area contributed by atoms with Crippen LogP contribution >= 0.6 is 11.8 Å². The number of aromatic nitrogens is 4. The molecule has 0 aromatic carbocycles. The first-order chi connectivity index (χ1) is 8.90. The first-order valence-corrected chi connectivity index (χ1v) is 7.98. The van der Waals surface area contributed by atoms with Gasteiger partial charge in [-0.05, 0) is 42.2 Å². The summed E-state index contributed by atoms with van der Waals surface area (Å²) in [5, 5.41) is 16.3. The molecule has 18 heavy (non-hydrogen) atoms. The van der Waals surface area contributed by atoms with Crippen LogP contribution in [0.2, 0.25) is 0 Å². The molecule has 1 aromatic heterocycles. The second-order valence-corrected chi connectivity index (χ2v) is 5.88. The SMILES string of the molecule is CCCNCCn1nnnc1SCC1CCCC1. The highest BCUT2D eigenvalue weighted by Crippen LogP contribution is 2.29. The fourth-order valence-electron chi connectivity index (χ4n) is 2.30. The van der Waals surface area contributed by atoms with Gasteiger partial charge in [-0.3, -0.25) is 0 Å². The Labute approximate surface area is 113 Å². The minimum atomic E-state index is 0.861. The molecule has 0 radical (unpaired) electrons. The van der Waals surface area contributed by atoms with E-state index < -0.39 is 0 Å². The highest BCUT2D eigenvalue weighted by molar-refractivity contribution is 7.99. The molecule has 5 nitrogen and oxygen atoms in total. The Balaban J connectivity index is 1.72. The molecule has 0 spiro atoms. The van der Waals surface area contributed by atoms with Gasteiger partial charge in [-0.25, -0.2) is 4.68 Å². The predicted molar refractivity (Wildman–Crippen MR) is 73.7 cm³/mol. The van der Waals surface area contributed by atoms with E-state index in [2.05, 4.69) is 27.8 Å². The van der Waals surface area contributed by atoms with Gasteiger partial charge in [0.1, 0.15) is 0 Å². The first-order valence-electron chi connectivity index (χ1n) is 7.00. The van der Waals surface area contributed by atoms with Crippen molar-refractivity contribution in [2.75, 3.05) is 18.8 Å². The Hall–Kier alpha value is -0.620. The van der Waals surface area contributed by atoms with Crippen molar-refractivity contribution in [2.24, 2.45) is 5.92 Å². The third-order valence-corrected chi connectivity index (χ3v) is 4.54. The lowest BCUT2D eigenvalue weighted by atomic mass is 10.1. The molecule has 1 N–H and O–H groups in total. The van der Waals surface area contributed by atoms with Crippen LogP contribution in [0.15, 0.2) is 5.16 Å². The Kier molecular flexibility index (Phi) is 5.93. The van der Waals surface area contributed by atoms with Crippen LogP contribution in [0.5, 0.6) is 0 Å². The number of hydrogen-bond donors (Lipinski definition) is 1. The van der Waals surface area contributed by atoms with Crippen LogP contribution in [-0.2, 0) is 6.54 Å². The Morgan fingerprint density at radius 1 is 1.33 bits per heavy atom. The van der Waals surface area contributed by atoms with E-state index in [9.17, 15) is 0 Å². The van der Waals surface area contributed by atoms with E-state index in [1.807, 2.05) is 16.4 Å². The van der Waals surface area contributed by atoms with Gasteiger partial charge in [0, 0.05) is 12.3 Å². The summed E-state index contributed by atoms with van der Waals surface area (Å²) in [6.45, 7) is 5.04. The van der Waals surface area contributed by atoms with E-state index in [0.29, 0.717) is 0 Å². The maximum atomic E-state index is 4.11. The van der Waals surface area contributed by atoms with Gasteiger partial charge in [0.05, 0.1) is 6.54 Å². The third kappa shape index (κ3) is 4.24. The first kappa shape index (κ1) is 13.8. The molecular formula is C12H23N5S. The number of tetrazole rings is 1. The summed E-state index contributed by atoms with van der Waals surface area (Å²) in [6, 6.07) is 0. The summed E-state index contributed by atoms with van der Waals surface area (Å²) in [5.41, 5.74) is 0. The monoisotopic (exact) mass is 269 g/mol. The number of thioether (sulfide) groups is 1. The van der Waals surface area contributed by atoms with Crippen molar-refractivity contribution < 1.29 is 0 Å². The summed E-state index contributed by atoms with van der Waals surface area (Å²) in [7, 11) is 0. The van der Waals surface area contributed by atoms with Crippen molar-refractivity contribution in [1.29, 1.82) is 0 Å². The highest BCUT2D eigenvalue weighted by Gasteiger charge is 2.16. The lowest BCUT2D eigenvalue weighted by molar-refractivity contribution is 0.510. The lowest BCUT2D eigenvalue weighted by Gasteiger charge is -2.08. The van der Waals surface area contributed by atoms with E-state index in [1.54, 1.807) is 0 Å². The number of hydrogen-bond acceptors (Lipinski definition) is 5. The van der Waals surface area contributed by atoms with Gasteiger partial charge in [-0.1, -0.05) is 31.5 Å². The summed E-state index contributed by atoms with van der Waals surface area (Å²) in [5.74, 6) is 2.04. The second-order valence-electron chi connectivity index (χ2n) is 4.90. The molecule has 1 saturated carbocycles. The average Bonchev–Trinajstić information content (AvgIpc) is 3.03. The van der Waals surface area contributed by atoms with Crippen LogP contribution in [0.25, 0.3) is 0 Å². The van der Waals surface area contributed by atoms with Crippen molar-refractivity contribution >= 4 is 11.8 Å². The van der Waals surface area contributed by atoms with Crippen molar-refractivity contribution in [1.82, 2.24) is 25.5 Å². The fourth-order valence-corrected chi connectivity index (χ4v) is 3.39. The lowest BCUT2D eigenvalue weighted by Crippen LogP contribution is -2.21. The van der Waals surface area contributed by atoms with Gasteiger partial charge < -0.3 is 5.32 Å². The Morgan fingerprint density at radius 2 is 2.17 bits per heavy atom. The number of rotatable bonds is 8. The van der Waals surface area contributed by atoms with Crippen molar-refractivity contribution in [3.63, 3.8) is 0 Å². The van der Waals surface area contributed by atoms with E-state index in [0.717, 1.165) is 30.7 Å². The van der Waals surface area contributed by atoms with Gasteiger partial charge in [0.25, 0.3) is 0 Å². The molecule has 6 heteroatoms. The predicted octanol–water partition coefficient (Wildman–Crippen LogP) is 1.95. The second kappa shape index (κ2) is 7.74. The molecule has 0 aliphatic heterocycles. The van der Waals surface area contributed by atoms with Gasteiger partial charge in [-0.15, -0.1) is 5.10 Å². The third-order valence-electron chi connectivity index (χ3n) is 3.35. The van der Waals surface area contributed by atoms with Gasteiger partial charge in [-0.2, -0.15) is 0 Å². The molecule has 0 unspecified atom stereocenters. The number of nitrogens with zero attached hydrogens (tertiary/aromatic N) is 4. The van der Waals surface area contributed by atoms with Crippen molar-refractivity contribution in [2.45, 2.75) is 50.7 Å². The molecule has 1 aliphatic carbocycles. The molecule has 1 aliphatic rings. The zero-order valence-electron chi connectivity index (χ0n) is 11.1.